The quantitative estimate of drug-likeness (QED) is 0.670. The average molecular weight is 188 g/mol. The van der Waals surface area contributed by atoms with E-state index in [1.807, 2.05) is 0 Å². The van der Waals surface area contributed by atoms with Gasteiger partial charge >= 0.3 is 0 Å². The summed E-state index contributed by atoms with van der Waals surface area (Å²) in [5.41, 5.74) is 0. The van der Waals surface area contributed by atoms with Crippen LogP contribution in [0.3, 0.4) is 0 Å². The summed E-state index contributed by atoms with van der Waals surface area (Å²) in [5.74, 6) is -0.750. The summed E-state index contributed by atoms with van der Waals surface area (Å²) in [6, 6.07) is 0. The molecule has 1 aliphatic rings. The molecule has 1 N–H and O–H groups in total. The molecule has 0 spiro atoms. The van der Waals surface area contributed by atoms with Crippen LogP contribution < -0.4 is 0 Å². The maximum atomic E-state index is 9.87. The highest BCUT2D eigenvalue weighted by Crippen LogP contribution is 2.29. The highest BCUT2D eigenvalue weighted by Gasteiger charge is 2.38. The molecule has 3 heteroatoms. The van der Waals surface area contributed by atoms with E-state index in [1.54, 1.807) is 14.2 Å². The van der Waals surface area contributed by atoms with E-state index in [0.29, 0.717) is 0 Å². The van der Waals surface area contributed by atoms with E-state index in [0.717, 1.165) is 25.7 Å². The summed E-state index contributed by atoms with van der Waals surface area (Å²) in [4.78, 5) is 0. The second-order valence-electron chi connectivity index (χ2n) is 3.69. The summed E-state index contributed by atoms with van der Waals surface area (Å²) in [5, 5.41) is 9.87. The van der Waals surface area contributed by atoms with Crippen LogP contribution >= 0.6 is 0 Å². The summed E-state index contributed by atoms with van der Waals surface area (Å²) < 4.78 is 10.6. The second-order valence-corrected chi connectivity index (χ2v) is 3.69. The first-order valence-electron chi connectivity index (χ1n) is 5.03. The van der Waals surface area contributed by atoms with Gasteiger partial charge in [-0.25, -0.2) is 0 Å². The molecule has 1 fully saturated rings. The third-order valence-electron chi connectivity index (χ3n) is 2.95. The molecule has 1 aliphatic carbocycles. The van der Waals surface area contributed by atoms with Crippen molar-refractivity contribution in [3.05, 3.63) is 0 Å². The predicted molar refractivity (Wildman–Crippen MR) is 50.5 cm³/mol. The van der Waals surface area contributed by atoms with E-state index in [-0.39, 0.29) is 0 Å². The van der Waals surface area contributed by atoms with Crippen LogP contribution in [0.25, 0.3) is 0 Å². The Hall–Kier alpha value is -0.120. The molecule has 1 saturated carbocycles. The largest absolute Gasteiger partial charge is 0.388 e. The SMILES string of the molecule is COC1(OC)CCCCCCC1O. The van der Waals surface area contributed by atoms with Crippen molar-refractivity contribution in [1.29, 1.82) is 0 Å². The molecule has 0 aromatic carbocycles. The molecular weight excluding hydrogens is 168 g/mol. The molecule has 1 unspecified atom stereocenters. The van der Waals surface area contributed by atoms with Crippen LogP contribution in [0.2, 0.25) is 0 Å². The van der Waals surface area contributed by atoms with Gasteiger partial charge in [-0.2, -0.15) is 0 Å². The zero-order valence-corrected chi connectivity index (χ0v) is 8.58. The first-order valence-corrected chi connectivity index (χ1v) is 5.03. The third kappa shape index (κ3) is 2.42. The van der Waals surface area contributed by atoms with Gasteiger partial charge < -0.3 is 14.6 Å². The van der Waals surface area contributed by atoms with Gasteiger partial charge in [-0.15, -0.1) is 0 Å². The highest BCUT2D eigenvalue weighted by atomic mass is 16.7. The Kier molecular flexibility index (Phi) is 4.16. The Morgan fingerprint density at radius 3 is 2.31 bits per heavy atom. The minimum atomic E-state index is -0.750. The maximum Gasteiger partial charge on any atom is 0.193 e. The molecule has 0 radical (unpaired) electrons. The molecule has 0 heterocycles. The number of aliphatic hydroxyl groups excluding tert-OH is 1. The monoisotopic (exact) mass is 188 g/mol. The standard InChI is InChI=1S/C10H20O3/c1-12-10(13-2)8-6-4-3-5-7-9(10)11/h9,11H,3-8H2,1-2H3. The lowest BCUT2D eigenvalue weighted by molar-refractivity contribution is -0.265. The van der Waals surface area contributed by atoms with Crippen molar-refractivity contribution in [3.63, 3.8) is 0 Å². The van der Waals surface area contributed by atoms with Gasteiger partial charge in [0.15, 0.2) is 5.79 Å². The fourth-order valence-corrected chi connectivity index (χ4v) is 2.01. The van der Waals surface area contributed by atoms with Crippen LogP contribution in [-0.4, -0.2) is 31.2 Å². The highest BCUT2D eigenvalue weighted by molar-refractivity contribution is 4.80. The fraction of sp³-hybridized carbons (Fsp3) is 1.00. The minimum Gasteiger partial charge on any atom is -0.388 e. The van der Waals surface area contributed by atoms with Crippen LogP contribution in [0.5, 0.6) is 0 Å². The summed E-state index contributed by atoms with van der Waals surface area (Å²) in [6.07, 6.45) is 5.64. The Labute approximate surface area is 80.0 Å². The van der Waals surface area contributed by atoms with Gasteiger partial charge in [0.05, 0.1) is 0 Å². The number of hydrogen-bond acceptors (Lipinski definition) is 3. The van der Waals surface area contributed by atoms with Gasteiger partial charge in [-0.3, -0.25) is 0 Å². The van der Waals surface area contributed by atoms with Crippen molar-refractivity contribution in [2.75, 3.05) is 14.2 Å². The Bertz CT molecular complexity index is 143. The number of rotatable bonds is 2. The van der Waals surface area contributed by atoms with E-state index in [1.165, 1.54) is 12.8 Å². The zero-order valence-electron chi connectivity index (χ0n) is 8.58. The Morgan fingerprint density at radius 2 is 1.69 bits per heavy atom. The molecule has 0 aromatic rings. The molecule has 3 nitrogen and oxygen atoms in total. The van der Waals surface area contributed by atoms with Crippen molar-refractivity contribution in [2.24, 2.45) is 0 Å². The van der Waals surface area contributed by atoms with Gasteiger partial charge in [0.25, 0.3) is 0 Å². The number of hydrogen-bond donors (Lipinski definition) is 1. The number of methoxy groups -OCH3 is 2. The Morgan fingerprint density at radius 1 is 1.08 bits per heavy atom. The van der Waals surface area contributed by atoms with Crippen LogP contribution in [0.15, 0.2) is 0 Å². The van der Waals surface area contributed by atoms with E-state index in [2.05, 4.69) is 0 Å². The molecular formula is C10H20O3. The van der Waals surface area contributed by atoms with E-state index >= 15 is 0 Å². The van der Waals surface area contributed by atoms with Crippen molar-refractivity contribution in [3.8, 4) is 0 Å². The van der Waals surface area contributed by atoms with E-state index in [9.17, 15) is 5.11 Å². The number of ether oxygens (including phenoxy) is 2. The van der Waals surface area contributed by atoms with Crippen LogP contribution in [-0.2, 0) is 9.47 Å². The lowest BCUT2D eigenvalue weighted by Crippen LogP contribution is -2.46. The summed E-state index contributed by atoms with van der Waals surface area (Å²) >= 11 is 0. The van der Waals surface area contributed by atoms with E-state index in [4.69, 9.17) is 9.47 Å². The molecule has 0 saturated heterocycles. The lowest BCUT2D eigenvalue weighted by atomic mass is 9.93. The van der Waals surface area contributed by atoms with Gasteiger partial charge in [-0.05, 0) is 12.8 Å². The lowest BCUT2D eigenvalue weighted by Gasteiger charge is -2.36. The smallest absolute Gasteiger partial charge is 0.193 e. The summed E-state index contributed by atoms with van der Waals surface area (Å²) in [7, 11) is 3.21. The van der Waals surface area contributed by atoms with Crippen LogP contribution in [0, 0.1) is 0 Å². The first-order chi connectivity index (χ1) is 6.25. The normalized spacial score (nSPS) is 29.3. The maximum absolute atomic E-state index is 9.87. The first kappa shape index (κ1) is 11.0. The summed E-state index contributed by atoms with van der Waals surface area (Å²) in [6.45, 7) is 0. The van der Waals surface area contributed by atoms with Gasteiger partial charge in [-0.1, -0.05) is 19.3 Å². The predicted octanol–water partition coefficient (Wildman–Crippen LogP) is 1.69. The topological polar surface area (TPSA) is 38.7 Å². The van der Waals surface area contributed by atoms with Gasteiger partial charge in [0.1, 0.15) is 6.10 Å². The molecule has 0 amide bonds. The molecule has 1 atom stereocenters. The average Bonchev–Trinajstić information content (AvgIpc) is 2.14. The second kappa shape index (κ2) is 4.94. The molecule has 13 heavy (non-hydrogen) atoms. The van der Waals surface area contributed by atoms with Crippen LogP contribution in [0.1, 0.15) is 38.5 Å². The number of aliphatic hydroxyl groups is 1. The Balaban J connectivity index is 2.63. The minimum absolute atomic E-state index is 0.484. The fourth-order valence-electron chi connectivity index (χ4n) is 2.01. The van der Waals surface area contributed by atoms with Crippen molar-refractivity contribution >= 4 is 0 Å². The van der Waals surface area contributed by atoms with Crippen molar-refractivity contribution in [1.82, 2.24) is 0 Å². The molecule has 78 valence electrons. The zero-order chi connectivity index (χ0) is 9.73. The van der Waals surface area contributed by atoms with E-state index < -0.39 is 11.9 Å². The van der Waals surface area contributed by atoms with Gasteiger partial charge in [0.2, 0.25) is 0 Å². The molecule has 1 rings (SSSR count). The third-order valence-corrected chi connectivity index (χ3v) is 2.95. The van der Waals surface area contributed by atoms with Crippen molar-refractivity contribution in [2.45, 2.75) is 50.4 Å². The van der Waals surface area contributed by atoms with Gasteiger partial charge in [0, 0.05) is 20.6 Å². The molecule has 0 aromatic heterocycles. The molecule has 0 bridgehead atoms. The van der Waals surface area contributed by atoms with Crippen LogP contribution in [0.4, 0.5) is 0 Å². The van der Waals surface area contributed by atoms with Crippen molar-refractivity contribution < 1.29 is 14.6 Å². The molecule has 0 aliphatic heterocycles.